The number of anilines is 1. The van der Waals surface area contributed by atoms with Crippen molar-refractivity contribution >= 4 is 17.2 Å². The van der Waals surface area contributed by atoms with Crippen molar-refractivity contribution in [3.63, 3.8) is 0 Å². The summed E-state index contributed by atoms with van der Waals surface area (Å²) in [5, 5.41) is 14.2. The molecule has 1 heterocycles. The fourth-order valence-corrected chi connectivity index (χ4v) is 3.22. The zero-order valence-electron chi connectivity index (χ0n) is 17.7. The summed E-state index contributed by atoms with van der Waals surface area (Å²) < 4.78 is 1.04. The lowest BCUT2D eigenvalue weighted by molar-refractivity contribution is 0.430. The first-order valence-electron chi connectivity index (χ1n) is 10.1. The van der Waals surface area contributed by atoms with E-state index in [-0.39, 0.29) is 11.4 Å². The van der Waals surface area contributed by atoms with Crippen molar-refractivity contribution in [2.24, 2.45) is 4.99 Å². The van der Waals surface area contributed by atoms with Gasteiger partial charge in [0, 0.05) is 5.69 Å². The molecule has 3 N–H and O–H groups in total. The first kappa shape index (κ1) is 20.9. The fourth-order valence-electron chi connectivity index (χ4n) is 3.22. The highest BCUT2D eigenvalue weighted by Crippen LogP contribution is 2.21. The lowest BCUT2D eigenvalue weighted by Gasteiger charge is -2.15. The number of hydrogen-bond donors (Lipinski definition) is 3. The summed E-state index contributed by atoms with van der Waals surface area (Å²) in [5.74, 6) is -0.392. The van der Waals surface area contributed by atoms with E-state index in [9.17, 15) is 14.7 Å². The molecule has 0 saturated heterocycles. The number of aryl methyl sites for hydroxylation is 2. The summed E-state index contributed by atoms with van der Waals surface area (Å²) in [6.45, 7) is 3.93. The van der Waals surface area contributed by atoms with Gasteiger partial charge >= 0.3 is 5.69 Å². The van der Waals surface area contributed by atoms with Gasteiger partial charge in [-0.1, -0.05) is 53.6 Å². The zero-order chi connectivity index (χ0) is 22.7. The van der Waals surface area contributed by atoms with Crippen LogP contribution in [-0.2, 0) is 0 Å². The number of aromatic hydroxyl groups is 1. The fraction of sp³-hybridized carbons (Fsp3) is 0.0800. The van der Waals surface area contributed by atoms with E-state index in [1.54, 1.807) is 30.3 Å². The molecule has 7 nitrogen and oxygen atoms in total. The van der Waals surface area contributed by atoms with E-state index in [0.29, 0.717) is 17.1 Å². The molecular weight excluding hydrogens is 404 g/mol. The van der Waals surface area contributed by atoms with Gasteiger partial charge in [0.15, 0.2) is 0 Å². The highest BCUT2D eigenvalue weighted by molar-refractivity contribution is 6.10. The van der Waals surface area contributed by atoms with Crippen molar-refractivity contribution in [3.8, 4) is 11.6 Å². The van der Waals surface area contributed by atoms with Gasteiger partial charge in [-0.3, -0.25) is 9.78 Å². The Morgan fingerprint density at radius 1 is 0.875 bits per heavy atom. The van der Waals surface area contributed by atoms with Crippen molar-refractivity contribution in [2.45, 2.75) is 13.8 Å². The lowest BCUT2D eigenvalue weighted by Crippen LogP contribution is -2.35. The van der Waals surface area contributed by atoms with E-state index in [0.717, 1.165) is 15.7 Å². The van der Waals surface area contributed by atoms with Crippen molar-refractivity contribution in [1.29, 1.82) is 0 Å². The van der Waals surface area contributed by atoms with Crippen LogP contribution in [0.3, 0.4) is 0 Å². The zero-order valence-corrected chi connectivity index (χ0v) is 17.7. The number of hydrogen-bond acceptors (Lipinski definition) is 4. The van der Waals surface area contributed by atoms with Crippen molar-refractivity contribution in [3.05, 3.63) is 116 Å². The van der Waals surface area contributed by atoms with Gasteiger partial charge in [0.25, 0.3) is 5.56 Å². The third kappa shape index (κ3) is 4.37. The smallest absolute Gasteiger partial charge is 0.335 e. The van der Waals surface area contributed by atoms with Gasteiger partial charge in [-0.25, -0.2) is 14.4 Å². The minimum absolute atomic E-state index is 0.112. The summed E-state index contributed by atoms with van der Waals surface area (Å²) in [5.41, 5.74) is 2.19. The summed E-state index contributed by atoms with van der Waals surface area (Å²) in [7, 11) is 0. The van der Waals surface area contributed by atoms with Crippen molar-refractivity contribution in [2.75, 3.05) is 5.32 Å². The van der Waals surface area contributed by atoms with Gasteiger partial charge in [0.05, 0.1) is 11.4 Å². The second-order valence-corrected chi connectivity index (χ2v) is 7.42. The molecule has 0 aliphatic carbocycles. The Morgan fingerprint density at radius 3 is 2.09 bits per heavy atom. The SMILES string of the molecule is Cc1ccc(N=C(Nc2ccc(C)cc2)c2c(O)n(-c3ccccc3)c(=O)[nH]c2=O)cc1. The molecule has 0 atom stereocenters. The van der Waals surface area contributed by atoms with Crippen LogP contribution < -0.4 is 16.6 Å². The number of amidine groups is 1. The third-order valence-corrected chi connectivity index (χ3v) is 4.93. The van der Waals surface area contributed by atoms with Gasteiger partial charge in [-0.15, -0.1) is 0 Å². The minimum atomic E-state index is -0.745. The average molecular weight is 426 g/mol. The molecule has 4 aromatic rings. The molecule has 3 aromatic carbocycles. The molecule has 0 amide bonds. The van der Waals surface area contributed by atoms with Crippen molar-refractivity contribution in [1.82, 2.24) is 9.55 Å². The highest BCUT2D eigenvalue weighted by Gasteiger charge is 2.21. The average Bonchev–Trinajstić information content (AvgIpc) is 2.77. The Hall–Kier alpha value is -4.39. The standard InChI is InChI=1S/C25H22N4O3/c1-16-8-12-18(13-9-16)26-22(27-19-14-10-17(2)11-15-19)21-23(30)28-25(32)29(24(21)31)20-6-4-3-5-7-20/h3-15,31H,1-2H3,(H,26,27)(H,28,30,32). The normalized spacial score (nSPS) is 11.4. The van der Waals surface area contributed by atoms with E-state index >= 15 is 0 Å². The number of H-pyrrole nitrogens is 1. The van der Waals surface area contributed by atoms with E-state index in [1.165, 1.54) is 0 Å². The minimum Gasteiger partial charge on any atom is -0.493 e. The van der Waals surface area contributed by atoms with Gasteiger partial charge in [0.2, 0.25) is 5.88 Å². The molecule has 0 bridgehead atoms. The number of aliphatic imine (C=N–C) groups is 1. The molecule has 7 heteroatoms. The van der Waals surface area contributed by atoms with Crippen LogP contribution in [0.2, 0.25) is 0 Å². The number of benzene rings is 3. The number of aromatic amines is 1. The van der Waals surface area contributed by atoms with E-state index < -0.39 is 17.1 Å². The van der Waals surface area contributed by atoms with Crippen LogP contribution in [0.15, 0.2) is 93.4 Å². The molecule has 0 fully saturated rings. The molecule has 0 saturated carbocycles. The van der Waals surface area contributed by atoms with Crippen LogP contribution >= 0.6 is 0 Å². The highest BCUT2D eigenvalue weighted by atomic mass is 16.3. The second-order valence-electron chi connectivity index (χ2n) is 7.42. The first-order chi connectivity index (χ1) is 15.4. The van der Waals surface area contributed by atoms with Crippen LogP contribution in [0.5, 0.6) is 5.88 Å². The molecule has 0 aliphatic rings. The molecular formula is C25H22N4O3. The summed E-state index contributed by atoms with van der Waals surface area (Å²) in [6, 6.07) is 23.5. The number of rotatable bonds is 4. The monoisotopic (exact) mass is 426 g/mol. The molecule has 160 valence electrons. The molecule has 0 aliphatic heterocycles. The number of aromatic nitrogens is 2. The number of nitrogens with one attached hydrogen (secondary N) is 2. The van der Waals surface area contributed by atoms with Crippen LogP contribution in [0.1, 0.15) is 16.7 Å². The van der Waals surface area contributed by atoms with E-state index in [4.69, 9.17) is 0 Å². The largest absolute Gasteiger partial charge is 0.493 e. The lowest BCUT2D eigenvalue weighted by atomic mass is 10.2. The molecule has 1 aromatic heterocycles. The Morgan fingerprint density at radius 2 is 1.47 bits per heavy atom. The Labute approximate surface area is 184 Å². The Kier molecular flexibility index (Phi) is 5.72. The van der Waals surface area contributed by atoms with Crippen LogP contribution in [-0.4, -0.2) is 20.5 Å². The third-order valence-electron chi connectivity index (χ3n) is 4.93. The Balaban J connectivity index is 1.92. The van der Waals surface area contributed by atoms with Crippen LogP contribution in [0.4, 0.5) is 11.4 Å². The molecule has 0 radical (unpaired) electrons. The predicted molar refractivity (Wildman–Crippen MR) is 127 cm³/mol. The maximum absolute atomic E-state index is 12.8. The number of nitrogens with zero attached hydrogens (tertiary/aromatic N) is 2. The molecule has 0 spiro atoms. The van der Waals surface area contributed by atoms with E-state index in [1.807, 2.05) is 62.4 Å². The van der Waals surface area contributed by atoms with Gasteiger partial charge in [-0.05, 0) is 50.2 Å². The summed E-state index contributed by atoms with van der Waals surface area (Å²) in [4.78, 5) is 32.2. The van der Waals surface area contributed by atoms with Crippen molar-refractivity contribution < 1.29 is 5.11 Å². The summed E-state index contributed by atoms with van der Waals surface area (Å²) >= 11 is 0. The number of para-hydroxylation sites is 1. The second kappa shape index (κ2) is 8.77. The maximum Gasteiger partial charge on any atom is 0.335 e. The van der Waals surface area contributed by atoms with Crippen LogP contribution in [0, 0.1) is 13.8 Å². The first-order valence-corrected chi connectivity index (χ1v) is 10.1. The quantitative estimate of drug-likeness (QED) is 0.339. The maximum atomic E-state index is 12.8. The summed E-state index contributed by atoms with van der Waals surface area (Å²) in [6.07, 6.45) is 0. The Bertz CT molecular complexity index is 1380. The topological polar surface area (TPSA) is 99.5 Å². The van der Waals surface area contributed by atoms with Gasteiger partial charge in [0.1, 0.15) is 11.4 Å². The molecule has 4 rings (SSSR count). The molecule has 32 heavy (non-hydrogen) atoms. The van der Waals surface area contributed by atoms with Gasteiger partial charge in [-0.2, -0.15) is 0 Å². The molecule has 0 unspecified atom stereocenters. The predicted octanol–water partition coefficient (Wildman–Crippen LogP) is 4.04. The van der Waals surface area contributed by atoms with Crippen LogP contribution in [0.25, 0.3) is 5.69 Å². The van der Waals surface area contributed by atoms with E-state index in [2.05, 4.69) is 15.3 Å². The van der Waals surface area contributed by atoms with Gasteiger partial charge < -0.3 is 10.4 Å².